The van der Waals surface area contributed by atoms with Gasteiger partial charge in [0.2, 0.25) is 11.5 Å². The number of esters is 1. The average Bonchev–Trinajstić information content (AvgIpc) is 2.99. The number of nitrogens with one attached hydrogen (secondary N) is 1. The fourth-order valence-corrected chi connectivity index (χ4v) is 3.65. The summed E-state index contributed by atoms with van der Waals surface area (Å²) in [5.74, 6) is 1.25. The van der Waals surface area contributed by atoms with Crippen LogP contribution in [0.2, 0.25) is 0 Å². The molecule has 1 amide bonds. The van der Waals surface area contributed by atoms with E-state index in [1.165, 1.54) is 86.3 Å². The van der Waals surface area contributed by atoms with Crippen LogP contribution in [0, 0.1) is 0 Å². The van der Waals surface area contributed by atoms with Gasteiger partial charge in [-0.1, -0.05) is 0 Å². The van der Waals surface area contributed by atoms with E-state index in [4.69, 9.17) is 37.9 Å². The maximum absolute atomic E-state index is 12.9. The number of hydrazone groups is 1. The maximum Gasteiger partial charge on any atom is 0.343 e. The molecule has 1 N–H and O–H groups in total. The number of rotatable bonds is 12. The summed E-state index contributed by atoms with van der Waals surface area (Å²) in [6.45, 7) is 0. The molecular formula is C28H30N2O10. The lowest BCUT2D eigenvalue weighted by atomic mass is 10.1. The summed E-state index contributed by atoms with van der Waals surface area (Å²) >= 11 is 0. The van der Waals surface area contributed by atoms with Crippen LogP contribution in [0.5, 0.6) is 46.0 Å². The molecule has 3 aromatic rings. The third-order valence-corrected chi connectivity index (χ3v) is 5.60. The third-order valence-electron chi connectivity index (χ3n) is 5.60. The largest absolute Gasteiger partial charge is 0.493 e. The lowest BCUT2D eigenvalue weighted by molar-refractivity contribution is 0.0728. The molecule has 0 radical (unpaired) electrons. The Hall–Kier alpha value is -5.13. The van der Waals surface area contributed by atoms with Crippen LogP contribution in [0.4, 0.5) is 0 Å². The van der Waals surface area contributed by atoms with E-state index in [9.17, 15) is 9.59 Å². The van der Waals surface area contributed by atoms with Crippen molar-refractivity contribution in [2.45, 2.75) is 0 Å². The summed E-state index contributed by atoms with van der Waals surface area (Å²) in [6.07, 6.45) is 1.41. The molecule has 3 rings (SSSR count). The molecule has 0 saturated carbocycles. The van der Waals surface area contributed by atoms with Gasteiger partial charge in [0.1, 0.15) is 0 Å². The standard InChI is InChI=1S/C28H30N2O10/c1-33-20-10-16(15-29-30-27(31)17-11-21(34-2)25(38-6)22(12-17)35-3)8-9-19(20)40-28(32)18-13-23(36-4)26(39-7)24(14-18)37-5/h8-15H,1-7H3,(H,30,31)/b29-15-. The summed E-state index contributed by atoms with van der Waals surface area (Å²) in [7, 11) is 10.2. The first-order valence-corrected chi connectivity index (χ1v) is 11.7. The molecule has 0 bridgehead atoms. The second kappa shape index (κ2) is 13.6. The van der Waals surface area contributed by atoms with Gasteiger partial charge in [-0.15, -0.1) is 0 Å². The van der Waals surface area contributed by atoms with Gasteiger partial charge in [0.15, 0.2) is 34.5 Å². The molecule has 0 atom stereocenters. The molecule has 40 heavy (non-hydrogen) atoms. The Balaban J connectivity index is 1.76. The van der Waals surface area contributed by atoms with Crippen LogP contribution >= 0.6 is 0 Å². The summed E-state index contributed by atoms with van der Waals surface area (Å²) < 4.78 is 42.6. The molecule has 3 aromatic carbocycles. The number of carbonyl (C=O) groups excluding carboxylic acids is 2. The molecule has 0 aromatic heterocycles. The first-order chi connectivity index (χ1) is 19.3. The molecule has 0 heterocycles. The fraction of sp³-hybridized carbons (Fsp3) is 0.250. The van der Waals surface area contributed by atoms with E-state index < -0.39 is 11.9 Å². The first-order valence-electron chi connectivity index (χ1n) is 11.7. The Kier molecular flexibility index (Phi) is 10.0. The van der Waals surface area contributed by atoms with Crippen LogP contribution in [-0.4, -0.2) is 67.9 Å². The lowest BCUT2D eigenvalue weighted by Gasteiger charge is -2.14. The van der Waals surface area contributed by atoms with Crippen molar-refractivity contribution in [3.05, 3.63) is 59.2 Å². The number of amides is 1. The Bertz CT molecular complexity index is 1350. The van der Waals surface area contributed by atoms with Crippen LogP contribution in [0.3, 0.4) is 0 Å². The molecule has 0 fully saturated rings. The van der Waals surface area contributed by atoms with Crippen molar-refractivity contribution in [2.24, 2.45) is 5.10 Å². The van der Waals surface area contributed by atoms with Gasteiger partial charge < -0.3 is 37.9 Å². The number of nitrogens with zero attached hydrogens (tertiary/aromatic N) is 1. The highest BCUT2D eigenvalue weighted by Gasteiger charge is 2.20. The van der Waals surface area contributed by atoms with Gasteiger partial charge >= 0.3 is 5.97 Å². The van der Waals surface area contributed by atoms with Gasteiger partial charge in [-0.3, -0.25) is 4.79 Å². The zero-order valence-electron chi connectivity index (χ0n) is 23.1. The topological polar surface area (TPSA) is 132 Å². The van der Waals surface area contributed by atoms with Gasteiger partial charge in [-0.2, -0.15) is 5.10 Å². The van der Waals surface area contributed by atoms with Crippen LogP contribution in [-0.2, 0) is 0 Å². The zero-order valence-corrected chi connectivity index (χ0v) is 23.1. The van der Waals surface area contributed by atoms with E-state index in [2.05, 4.69) is 10.5 Å². The average molecular weight is 555 g/mol. The summed E-state index contributed by atoms with van der Waals surface area (Å²) in [6, 6.07) is 10.7. The SMILES string of the molecule is COc1cc(/C=N\NC(=O)c2cc(OC)c(OC)c(OC)c2)ccc1OC(=O)c1cc(OC)c(OC)c(OC)c1. The highest BCUT2D eigenvalue weighted by molar-refractivity contribution is 5.96. The molecule has 0 saturated heterocycles. The van der Waals surface area contributed by atoms with Crippen LogP contribution in [0.1, 0.15) is 26.3 Å². The second-order valence-electron chi connectivity index (χ2n) is 7.83. The number of methoxy groups -OCH3 is 7. The van der Waals surface area contributed by atoms with Gasteiger partial charge in [-0.25, -0.2) is 10.2 Å². The maximum atomic E-state index is 12.9. The first kappa shape index (κ1) is 29.4. The summed E-state index contributed by atoms with van der Waals surface area (Å²) in [5, 5.41) is 4.00. The lowest BCUT2D eigenvalue weighted by Crippen LogP contribution is -2.18. The minimum Gasteiger partial charge on any atom is -0.493 e. The Morgan fingerprint density at radius 2 is 1.07 bits per heavy atom. The van der Waals surface area contributed by atoms with Gasteiger partial charge in [-0.05, 0) is 48.0 Å². The normalized spacial score (nSPS) is 10.5. The van der Waals surface area contributed by atoms with E-state index in [0.29, 0.717) is 40.1 Å². The van der Waals surface area contributed by atoms with Crippen molar-refractivity contribution in [1.82, 2.24) is 5.43 Å². The zero-order chi connectivity index (χ0) is 29.2. The molecule has 12 heteroatoms. The quantitative estimate of drug-likeness (QED) is 0.153. The van der Waals surface area contributed by atoms with Gasteiger partial charge in [0.25, 0.3) is 5.91 Å². The molecule has 0 unspecified atom stereocenters. The number of hydrogen-bond donors (Lipinski definition) is 1. The van der Waals surface area contributed by atoms with E-state index in [0.717, 1.165) is 0 Å². The molecule has 0 spiro atoms. The monoisotopic (exact) mass is 554 g/mol. The molecule has 0 aliphatic rings. The van der Waals surface area contributed by atoms with Crippen LogP contribution in [0.15, 0.2) is 47.6 Å². The number of ether oxygens (including phenoxy) is 8. The number of hydrogen-bond acceptors (Lipinski definition) is 11. The minimum atomic E-state index is -0.670. The molecule has 0 aliphatic carbocycles. The predicted molar refractivity (Wildman–Crippen MR) is 145 cm³/mol. The number of benzene rings is 3. The third kappa shape index (κ3) is 6.46. The Morgan fingerprint density at radius 1 is 0.600 bits per heavy atom. The second-order valence-corrected chi connectivity index (χ2v) is 7.83. The van der Waals surface area contributed by atoms with Gasteiger partial charge in [0.05, 0.1) is 61.5 Å². The van der Waals surface area contributed by atoms with Crippen molar-refractivity contribution in [3.8, 4) is 46.0 Å². The van der Waals surface area contributed by atoms with Crippen molar-refractivity contribution in [1.29, 1.82) is 0 Å². The van der Waals surface area contributed by atoms with Crippen molar-refractivity contribution in [2.75, 3.05) is 49.8 Å². The Labute approximate surface area is 231 Å². The molecule has 12 nitrogen and oxygen atoms in total. The summed E-state index contributed by atoms with van der Waals surface area (Å²) in [5.41, 5.74) is 3.43. The summed E-state index contributed by atoms with van der Waals surface area (Å²) in [4.78, 5) is 25.5. The van der Waals surface area contributed by atoms with E-state index in [1.54, 1.807) is 12.1 Å². The highest BCUT2D eigenvalue weighted by atomic mass is 16.6. The molecule has 212 valence electrons. The van der Waals surface area contributed by atoms with Gasteiger partial charge in [0, 0.05) is 5.56 Å². The molecular weight excluding hydrogens is 524 g/mol. The minimum absolute atomic E-state index is 0.167. The highest BCUT2D eigenvalue weighted by Crippen LogP contribution is 2.39. The van der Waals surface area contributed by atoms with E-state index in [-0.39, 0.29) is 22.6 Å². The van der Waals surface area contributed by atoms with E-state index >= 15 is 0 Å². The predicted octanol–water partition coefficient (Wildman–Crippen LogP) is 3.73. The fourth-order valence-electron chi connectivity index (χ4n) is 3.65. The Morgan fingerprint density at radius 3 is 1.52 bits per heavy atom. The van der Waals surface area contributed by atoms with Crippen LogP contribution in [0.25, 0.3) is 0 Å². The molecule has 0 aliphatic heterocycles. The van der Waals surface area contributed by atoms with Crippen molar-refractivity contribution in [3.63, 3.8) is 0 Å². The van der Waals surface area contributed by atoms with Crippen LogP contribution < -0.4 is 43.3 Å². The van der Waals surface area contributed by atoms with E-state index in [1.807, 2.05) is 0 Å². The number of carbonyl (C=O) groups is 2. The van der Waals surface area contributed by atoms with Crippen molar-refractivity contribution < 1.29 is 47.5 Å². The smallest absolute Gasteiger partial charge is 0.343 e. The van der Waals surface area contributed by atoms with Crippen molar-refractivity contribution >= 4 is 18.1 Å².